The zero-order chi connectivity index (χ0) is 26.9. The van der Waals surface area contributed by atoms with E-state index in [1.165, 1.54) is 0 Å². The maximum absolute atomic E-state index is 12.6. The Hall–Kier alpha value is -2.90. The molecule has 2 aromatic rings. The van der Waals surface area contributed by atoms with Crippen molar-refractivity contribution >= 4 is 12.1 Å². The summed E-state index contributed by atoms with van der Waals surface area (Å²) in [6.07, 6.45) is 3.26. The van der Waals surface area contributed by atoms with E-state index in [0.717, 1.165) is 36.0 Å². The molecule has 0 radical (unpaired) electrons. The maximum Gasteiger partial charge on any atom is 0.407 e. The molecule has 2 N–H and O–H groups in total. The summed E-state index contributed by atoms with van der Waals surface area (Å²) in [6.45, 7) is 7.70. The van der Waals surface area contributed by atoms with Crippen LogP contribution in [-0.4, -0.2) is 48.3 Å². The molecule has 7 heteroatoms. The van der Waals surface area contributed by atoms with E-state index in [1.807, 2.05) is 18.2 Å². The third kappa shape index (κ3) is 9.48. The van der Waals surface area contributed by atoms with Gasteiger partial charge in [-0.25, -0.2) is 4.79 Å². The monoisotopic (exact) mass is 511 g/mol. The number of benzene rings is 2. The zero-order valence-corrected chi connectivity index (χ0v) is 22.5. The lowest BCUT2D eigenvalue weighted by molar-refractivity contribution is -0.187. The predicted molar refractivity (Wildman–Crippen MR) is 143 cm³/mol. The predicted octanol–water partition coefficient (Wildman–Crippen LogP) is 6.20. The molecule has 0 bridgehead atoms. The Bertz CT molecular complexity index is 995. The molecular weight excluding hydrogens is 470 g/mol. The van der Waals surface area contributed by atoms with Crippen LogP contribution in [0, 0.1) is 5.41 Å². The number of carbonyl (C=O) groups is 2. The first-order chi connectivity index (χ1) is 17.5. The molecule has 2 aromatic carbocycles. The van der Waals surface area contributed by atoms with E-state index < -0.39 is 29.1 Å². The summed E-state index contributed by atoms with van der Waals surface area (Å²) < 4.78 is 17.0. The first-order valence-corrected chi connectivity index (χ1v) is 13.1. The van der Waals surface area contributed by atoms with Crippen LogP contribution < -0.4 is 5.32 Å². The fourth-order valence-corrected chi connectivity index (χ4v) is 4.41. The van der Waals surface area contributed by atoms with Gasteiger partial charge < -0.3 is 24.6 Å². The van der Waals surface area contributed by atoms with E-state index in [1.54, 1.807) is 27.7 Å². The third-order valence-corrected chi connectivity index (χ3v) is 6.50. The van der Waals surface area contributed by atoms with E-state index in [-0.39, 0.29) is 19.3 Å². The molecule has 1 saturated heterocycles. The van der Waals surface area contributed by atoms with E-state index in [2.05, 4.69) is 41.7 Å². The second-order valence-electron chi connectivity index (χ2n) is 11.1. The van der Waals surface area contributed by atoms with Crippen LogP contribution in [0.5, 0.6) is 0 Å². The van der Waals surface area contributed by atoms with E-state index in [4.69, 9.17) is 14.2 Å². The Kier molecular flexibility index (Phi) is 10.1. The largest absolute Gasteiger partial charge is 0.481 e. The SMILES string of the molecule is CC(C)(C)OC(=O)N[C@H](CCc1ccc(-c2ccccc2)cc1)CC(C)(COC1CCCCO1)C(=O)O. The summed E-state index contributed by atoms with van der Waals surface area (Å²) in [4.78, 5) is 24.9. The molecule has 0 aliphatic carbocycles. The second kappa shape index (κ2) is 13.1. The van der Waals surface area contributed by atoms with E-state index >= 15 is 0 Å². The normalized spacial score (nSPS) is 18.4. The van der Waals surface area contributed by atoms with E-state index in [0.29, 0.717) is 19.4 Å². The number of carboxylic acids is 1. The van der Waals surface area contributed by atoms with Gasteiger partial charge in [-0.2, -0.15) is 0 Å². The molecule has 37 heavy (non-hydrogen) atoms. The van der Waals surface area contributed by atoms with Gasteiger partial charge in [0.2, 0.25) is 0 Å². The van der Waals surface area contributed by atoms with Crippen LogP contribution in [0.3, 0.4) is 0 Å². The fraction of sp³-hybridized carbons (Fsp3) is 0.533. The molecule has 1 aliphatic heterocycles. The molecule has 3 rings (SSSR count). The Morgan fingerprint density at radius 2 is 1.70 bits per heavy atom. The van der Waals surface area contributed by atoms with Crippen molar-refractivity contribution in [1.82, 2.24) is 5.32 Å². The zero-order valence-electron chi connectivity index (χ0n) is 22.5. The Balaban J connectivity index is 1.68. The van der Waals surface area contributed by atoms with Crippen LogP contribution >= 0.6 is 0 Å². The molecule has 1 heterocycles. The number of alkyl carbamates (subject to hydrolysis) is 1. The summed E-state index contributed by atoms with van der Waals surface area (Å²) in [5, 5.41) is 13.0. The van der Waals surface area contributed by atoms with Crippen LogP contribution in [0.1, 0.15) is 65.4 Å². The minimum Gasteiger partial charge on any atom is -0.481 e. The number of carboxylic acid groups (broad SMARTS) is 1. The lowest BCUT2D eigenvalue weighted by Crippen LogP contribution is -2.45. The smallest absolute Gasteiger partial charge is 0.407 e. The number of aryl methyl sites for hydroxylation is 1. The van der Waals surface area contributed by atoms with Crippen LogP contribution in [-0.2, 0) is 25.4 Å². The van der Waals surface area contributed by atoms with Crippen LogP contribution in [0.4, 0.5) is 4.79 Å². The summed E-state index contributed by atoms with van der Waals surface area (Å²) in [7, 11) is 0. The van der Waals surface area contributed by atoms with Gasteiger partial charge in [-0.05, 0) is 82.9 Å². The van der Waals surface area contributed by atoms with Crippen molar-refractivity contribution in [1.29, 1.82) is 0 Å². The van der Waals surface area contributed by atoms with Crippen molar-refractivity contribution in [3.63, 3.8) is 0 Å². The summed E-state index contributed by atoms with van der Waals surface area (Å²) >= 11 is 0. The number of ether oxygens (including phenoxy) is 3. The van der Waals surface area contributed by atoms with Gasteiger partial charge in [0.1, 0.15) is 5.60 Å². The average molecular weight is 512 g/mol. The molecule has 0 spiro atoms. The average Bonchev–Trinajstić information content (AvgIpc) is 2.86. The molecular formula is C30H41NO6. The van der Waals surface area contributed by atoms with Crippen molar-refractivity contribution in [3.8, 4) is 11.1 Å². The van der Waals surface area contributed by atoms with Gasteiger partial charge in [0.25, 0.3) is 0 Å². The fourth-order valence-electron chi connectivity index (χ4n) is 4.41. The molecule has 0 aromatic heterocycles. The van der Waals surface area contributed by atoms with Crippen molar-refractivity contribution in [2.75, 3.05) is 13.2 Å². The first-order valence-electron chi connectivity index (χ1n) is 13.1. The Morgan fingerprint density at radius 3 is 2.30 bits per heavy atom. The topological polar surface area (TPSA) is 94.1 Å². The molecule has 2 unspecified atom stereocenters. The van der Waals surface area contributed by atoms with Crippen LogP contribution in [0.25, 0.3) is 11.1 Å². The quantitative estimate of drug-likeness (QED) is 0.373. The number of hydrogen-bond acceptors (Lipinski definition) is 5. The van der Waals surface area contributed by atoms with Gasteiger partial charge in [-0.3, -0.25) is 4.79 Å². The third-order valence-electron chi connectivity index (χ3n) is 6.50. The highest BCUT2D eigenvalue weighted by Gasteiger charge is 2.38. The van der Waals surface area contributed by atoms with Crippen LogP contribution in [0.2, 0.25) is 0 Å². The number of nitrogens with one attached hydrogen (secondary N) is 1. The van der Waals surface area contributed by atoms with Gasteiger partial charge in [0.05, 0.1) is 12.0 Å². The van der Waals surface area contributed by atoms with Gasteiger partial charge in [-0.1, -0.05) is 54.6 Å². The number of aliphatic carboxylic acids is 1. The van der Waals surface area contributed by atoms with Gasteiger partial charge in [0.15, 0.2) is 6.29 Å². The summed E-state index contributed by atoms with van der Waals surface area (Å²) in [5.41, 5.74) is 1.54. The second-order valence-corrected chi connectivity index (χ2v) is 11.1. The highest BCUT2D eigenvalue weighted by molar-refractivity contribution is 5.74. The standard InChI is InChI=1S/C30H41NO6/c1-29(2,3)37-28(34)31-25(20-30(4,27(32)33)21-36-26-12-8-9-19-35-26)18-15-22-13-16-24(17-14-22)23-10-6-5-7-11-23/h5-7,10-11,13-14,16-17,25-26H,8-9,12,15,18-21H2,1-4H3,(H,31,34)(H,32,33)/t25-,26?,30?/m1/s1. The first kappa shape index (κ1) is 28.7. The summed E-state index contributed by atoms with van der Waals surface area (Å²) in [5.74, 6) is -0.966. The Labute approximate surface area is 220 Å². The molecule has 1 amide bonds. The van der Waals surface area contributed by atoms with Crippen molar-refractivity contribution < 1.29 is 28.9 Å². The van der Waals surface area contributed by atoms with Gasteiger partial charge >= 0.3 is 12.1 Å². The number of hydrogen-bond donors (Lipinski definition) is 2. The maximum atomic E-state index is 12.6. The van der Waals surface area contributed by atoms with Gasteiger partial charge in [0, 0.05) is 12.6 Å². The molecule has 0 saturated carbocycles. The molecule has 202 valence electrons. The van der Waals surface area contributed by atoms with E-state index in [9.17, 15) is 14.7 Å². The lowest BCUT2D eigenvalue weighted by Gasteiger charge is -2.32. The number of rotatable bonds is 11. The Morgan fingerprint density at radius 1 is 1.03 bits per heavy atom. The minimum absolute atomic E-state index is 0.00523. The van der Waals surface area contributed by atoms with Crippen molar-refractivity contribution in [2.24, 2.45) is 5.41 Å². The van der Waals surface area contributed by atoms with Crippen molar-refractivity contribution in [3.05, 3.63) is 60.2 Å². The highest BCUT2D eigenvalue weighted by Crippen LogP contribution is 2.29. The minimum atomic E-state index is -1.20. The summed E-state index contributed by atoms with van der Waals surface area (Å²) in [6, 6.07) is 18.1. The molecule has 7 nitrogen and oxygen atoms in total. The molecule has 1 aliphatic rings. The number of amides is 1. The molecule has 3 atom stereocenters. The number of carbonyl (C=O) groups excluding carboxylic acids is 1. The lowest BCUT2D eigenvalue weighted by atomic mass is 9.82. The molecule has 1 fully saturated rings. The highest BCUT2D eigenvalue weighted by atomic mass is 16.7. The van der Waals surface area contributed by atoms with Crippen molar-refractivity contribution in [2.45, 2.75) is 84.2 Å². The van der Waals surface area contributed by atoms with Crippen LogP contribution in [0.15, 0.2) is 54.6 Å². The van der Waals surface area contributed by atoms with Gasteiger partial charge in [-0.15, -0.1) is 0 Å².